The zero-order valence-electron chi connectivity index (χ0n) is 15.9. The van der Waals surface area contributed by atoms with Gasteiger partial charge in [0, 0.05) is 25.3 Å². The van der Waals surface area contributed by atoms with Crippen molar-refractivity contribution in [3.05, 3.63) is 69.2 Å². The standard InChI is InChI=1S/C21H20BrN3O3S/c1-28-18-7-6-14(12-16(18)22)21-25(10-11-29-21)19(26)8-9-24-13-23-17-5-3-2-4-15(17)20(24)27/h2-7,12-13,21H,8-11H2,1H3. The molecule has 0 radical (unpaired) electrons. The van der Waals surface area contributed by atoms with E-state index >= 15 is 0 Å². The summed E-state index contributed by atoms with van der Waals surface area (Å²) in [6, 6.07) is 13.1. The van der Waals surface area contributed by atoms with E-state index in [-0.39, 0.29) is 23.3 Å². The fourth-order valence-corrected chi connectivity index (χ4v) is 5.29. The van der Waals surface area contributed by atoms with Gasteiger partial charge in [0.1, 0.15) is 11.1 Å². The molecular weight excluding hydrogens is 454 g/mol. The van der Waals surface area contributed by atoms with Crippen molar-refractivity contribution in [1.82, 2.24) is 14.5 Å². The highest BCUT2D eigenvalue weighted by Crippen LogP contribution is 2.40. The topological polar surface area (TPSA) is 64.4 Å². The normalized spacial score (nSPS) is 16.3. The van der Waals surface area contributed by atoms with Gasteiger partial charge in [-0.2, -0.15) is 0 Å². The second kappa shape index (κ2) is 8.59. The molecule has 1 fully saturated rings. The van der Waals surface area contributed by atoms with E-state index in [1.807, 2.05) is 41.3 Å². The van der Waals surface area contributed by atoms with Crippen LogP contribution in [-0.2, 0) is 11.3 Å². The Bertz CT molecular complexity index is 1120. The van der Waals surface area contributed by atoms with Gasteiger partial charge in [0.2, 0.25) is 5.91 Å². The molecule has 0 bridgehead atoms. The Hall–Kier alpha value is -2.32. The number of rotatable bonds is 5. The molecule has 0 aliphatic carbocycles. The van der Waals surface area contributed by atoms with Crippen LogP contribution in [0.5, 0.6) is 5.75 Å². The molecule has 6 nitrogen and oxygen atoms in total. The van der Waals surface area contributed by atoms with E-state index in [0.29, 0.717) is 24.0 Å². The molecule has 2 heterocycles. The number of methoxy groups -OCH3 is 1. The van der Waals surface area contributed by atoms with E-state index in [1.54, 1.807) is 24.9 Å². The molecule has 1 aliphatic heterocycles. The summed E-state index contributed by atoms with van der Waals surface area (Å²) < 4.78 is 7.68. The van der Waals surface area contributed by atoms with Crippen molar-refractivity contribution in [1.29, 1.82) is 0 Å². The zero-order valence-corrected chi connectivity index (χ0v) is 18.3. The first kappa shape index (κ1) is 20.0. The smallest absolute Gasteiger partial charge is 0.261 e. The van der Waals surface area contributed by atoms with E-state index in [0.717, 1.165) is 21.5 Å². The van der Waals surface area contributed by atoms with Gasteiger partial charge in [-0.15, -0.1) is 11.8 Å². The summed E-state index contributed by atoms with van der Waals surface area (Å²) in [6.45, 7) is 1.01. The second-order valence-electron chi connectivity index (χ2n) is 6.71. The minimum Gasteiger partial charge on any atom is -0.496 e. The number of thioether (sulfide) groups is 1. The Labute approximate surface area is 181 Å². The summed E-state index contributed by atoms with van der Waals surface area (Å²) >= 11 is 5.26. The molecule has 1 saturated heterocycles. The van der Waals surface area contributed by atoms with Gasteiger partial charge in [-0.1, -0.05) is 18.2 Å². The summed E-state index contributed by atoms with van der Waals surface area (Å²) in [6.07, 6.45) is 1.78. The van der Waals surface area contributed by atoms with E-state index < -0.39 is 0 Å². The van der Waals surface area contributed by atoms with Crippen LogP contribution in [0.4, 0.5) is 0 Å². The lowest BCUT2D eigenvalue weighted by molar-refractivity contribution is -0.131. The number of nitrogens with zero attached hydrogens (tertiary/aromatic N) is 3. The summed E-state index contributed by atoms with van der Waals surface area (Å²) in [5, 5.41) is 0.538. The Balaban J connectivity index is 1.49. The van der Waals surface area contributed by atoms with E-state index in [9.17, 15) is 9.59 Å². The van der Waals surface area contributed by atoms with Gasteiger partial charge >= 0.3 is 0 Å². The van der Waals surface area contributed by atoms with Gasteiger partial charge in [0.25, 0.3) is 5.56 Å². The molecule has 1 unspecified atom stereocenters. The number of carbonyl (C=O) groups is 1. The van der Waals surface area contributed by atoms with Crippen LogP contribution < -0.4 is 10.3 Å². The van der Waals surface area contributed by atoms with Crippen LogP contribution in [0.3, 0.4) is 0 Å². The third-order valence-corrected chi connectivity index (χ3v) is 6.85. The van der Waals surface area contributed by atoms with Crippen molar-refractivity contribution in [2.75, 3.05) is 19.4 Å². The molecule has 1 aromatic heterocycles. The monoisotopic (exact) mass is 473 g/mol. The third kappa shape index (κ3) is 4.04. The minimum atomic E-state index is -0.116. The van der Waals surface area contributed by atoms with Gasteiger partial charge in [-0.05, 0) is 45.8 Å². The molecule has 1 amide bonds. The number of benzene rings is 2. The number of hydrogen-bond donors (Lipinski definition) is 0. The first-order chi connectivity index (χ1) is 14.1. The number of para-hydroxylation sites is 1. The van der Waals surface area contributed by atoms with Crippen molar-refractivity contribution in [3.63, 3.8) is 0 Å². The van der Waals surface area contributed by atoms with Crippen LogP contribution in [0.2, 0.25) is 0 Å². The predicted molar refractivity (Wildman–Crippen MR) is 118 cm³/mol. The molecular formula is C21H20BrN3O3S. The van der Waals surface area contributed by atoms with Crippen molar-refractivity contribution in [3.8, 4) is 5.75 Å². The molecule has 29 heavy (non-hydrogen) atoms. The molecule has 2 aromatic carbocycles. The first-order valence-electron chi connectivity index (χ1n) is 9.27. The number of aromatic nitrogens is 2. The lowest BCUT2D eigenvalue weighted by atomic mass is 10.2. The maximum atomic E-state index is 12.9. The minimum absolute atomic E-state index is 0.0313. The summed E-state index contributed by atoms with van der Waals surface area (Å²) in [7, 11) is 1.63. The highest BCUT2D eigenvalue weighted by Gasteiger charge is 2.30. The van der Waals surface area contributed by atoms with Crippen LogP contribution in [0.15, 0.2) is 58.1 Å². The molecule has 0 saturated carbocycles. The number of fused-ring (bicyclic) bond motifs is 1. The van der Waals surface area contributed by atoms with Gasteiger partial charge < -0.3 is 9.64 Å². The Kier molecular flexibility index (Phi) is 5.91. The van der Waals surface area contributed by atoms with Crippen molar-refractivity contribution >= 4 is 44.5 Å². The number of aryl methyl sites for hydroxylation is 1. The van der Waals surface area contributed by atoms with E-state index in [4.69, 9.17) is 4.74 Å². The van der Waals surface area contributed by atoms with Gasteiger partial charge in [-0.3, -0.25) is 14.2 Å². The number of ether oxygens (including phenoxy) is 1. The maximum absolute atomic E-state index is 12.9. The summed E-state index contributed by atoms with van der Waals surface area (Å²) in [4.78, 5) is 31.8. The highest BCUT2D eigenvalue weighted by molar-refractivity contribution is 9.10. The molecule has 0 spiro atoms. The van der Waals surface area contributed by atoms with Crippen LogP contribution in [0, 0.1) is 0 Å². The van der Waals surface area contributed by atoms with Gasteiger partial charge in [0.05, 0.1) is 28.8 Å². The van der Waals surface area contributed by atoms with Crippen LogP contribution in [-0.4, -0.2) is 39.8 Å². The highest BCUT2D eigenvalue weighted by atomic mass is 79.9. The average Bonchev–Trinajstić information content (AvgIpc) is 3.23. The van der Waals surface area contributed by atoms with Crippen molar-refractivity contribution in [2.24, 2.45) is 0 Å². The lowest BCUT2D eigenvalue weighted by Gasteiger charge is -2.24. The largest absolute Gasteiger partial charge is 0.496 e. The number of hydrogen-bond acceptors (Lipinski definition) is 5. The second-order valence-corrected chi connectivity index (χ2v) is 8.76. The molecule has 1 atom stereocenters. The van der Waals surface area contributed by atoms with Gasteiger partial charge in [-0.25, -0.2) is 4.98 Å². The molecule has 3 aromatic rings. The quantitative estimate of drug-likeness (QED) is 0.563. The molecule has 8 heteroatoms. The molecule has 4 rings (SSSR count). The van der Waals surface area contributed by atoms with E-state index in [2.05, 4.69) is 20.9 Å². The first-order valence-corrected chi connectivity index (χ1v) is 11.1. The Morgan fingerprint density at radius 3 is 2.93 bits per heavy atom. The van der Waals surface area contributed by atoms with Crippen LogP contribution in [0.1, 0.15) is 17.4 Å². The predicted octanol–water partition coefficient (Wildman–Crippen LogP) is 3.83. The van der Waals surface area contributed by atoms with Crippen LogP contribution in [0.25, 0.3) is 10.9 Å². The van der Waals surface area contributed by atoms with Crippen molar-refractivity contribution in [2.45, 2.75) is 18.3 Å². The third-order valence-electron chi connectivity index (χ3n) is 4.97. The number of amides is 1. The van der Waals surface area contributed by atoms with Crippen molar-refractivity contribution < 1.29 is 9.53 Å². The van der Waals surface area contributed by atoms with Crippen LogP contribution >= 0.6 is 27.7 Å². The van der Waals surface area contributed by atoms with Gasteiger partial charge in [0.15, 0.2) is 0 Å². The molecule has 1 aliphatic rings. The number of carbonyl (C=O) groups excluding carboxylic acids is 1. The van der Waals surface area contributed by atoms with E-state index in [1.165, 1.54) is 10.9 Å². The molecule has 0 N–H and O–H groups in total. The fraction of sp³-hybridized carbons (Fsp3) is 0.286. The lowest BCUT2D eigenvalue weighted by Crippen LogP contribution is -2.32. The Morgan fingerprint density at radius 2 is 2.14 bits per heavy atom. The number of halogens is 1. The zero-order chi connectivity index (χ0) is 20.4. The fourth-order valence-electron chi connectivity index (χ4n) is 3.46. The maximum Gasteiger partial charge on any atom is 0.261 e. The Morgan fingerprint density at radius 1 is 1.31 bits per heavy atom. The molecule has 150 valence electrons. The average molecular weight is 474 g/mol. The summed E-state index contributed by atoms with van der Waals surface area (Å²) in [5.41, 5.74) is 1.61. The SMILES string of the molecule is COc1ccc(C2SCCN2C(=O)CCn2cnc3ccccc3c2=O)cc1Br. The summed E-state index contributed by atoms with van der Waals surface area (Å²) in [5.74, 6) is 1.68.